The van der Waals surface area contributed by atoms with Crippen molar-refractivity contribution in [1.29, 1.82) is 0 Å². The van der Waals surface area contributed by atoms with E-state index in [9.17, 15) is 9.59 Å². The van der Waals surface area contributed by atoms with Crippen LogP contribution in [0, 0.1) is 6.92 Å². The smallest absolute Gasteiger partial charge is 0.253 e. The molecule has 1 N–H and O–H groups in total. The van der Waals surface area contributed by atoms with Gasteiger partial charge in [-0.25, -0.2) is 0 Å². The minimum Gasteiger partial charge on any atom is -0.483 e. The van der Waals surface area contributed by atoms with Crippen molar-refractivity contribution >= 4 is 22.6 Å². The lowest BCUT2D eigenvalue weighted by Gasteiger charge is -2.43. The van der Waals surface area contributed by atoms with Crippen LogP contribution in [-0.4, -0.2) is 55.3 Å². The Balaban J connectivity index is 1.17. The number of rotatable bonds is 3. The van der Waals surface area contributed by atoms with Crippen molar-refractivity contribution in [3.8, 4) is 5.75 Å². The van der Waals surface area contributed by atoms with Gasteiger partial charge in [0.25, 0.3) is 5.91 Å². The molecule has 1 amide bonds. The summed E-state index contributed by atoms with van der Waals surface area (Å²) in [5.74, 6) is 0.557. The number of hydrogen-bond acceptors (Lipinski definition) is 5. The zero-order valence-electron chi connectivity index (χ0n) is 19.0. The van der Waals surface area contributed by atoms with Gasteiger partial charge in [-0.15, -0.1) is 0 Å². The molecule has 172 valence electrons. The lowest BCUT2D eigenvalue weighted by molar-refractivity contribution is -0.00583. The monoisotopic (exact) mass is 455 g/mol. The minimum absolute atomic E-state index is 0.000411. The summed E-state index contributed by atoms with van der Waals surface area (Å²) in [6.07, 6.45) is 5.08. The molecule has 4 heterocycles. The third-order valence-electron chi connectivity index (χ3n) is 6.94. The highest BCUT2D eigenvalue weighted by atomic mass is 16.5. The normalized spacial score (nSPS) is 17.1. The second-order valence-electron chi connectivity index (χ2n) is 9.33. The van der Waals surface area contributed by atoms with Crippen LogP contribution in [-0.2, 0) is 6.54 Å². The van der Waals surface area contributed by atoms with E-state index in [0.29, 0.717) is 55.9 Å². The van der Waals surface area contributed by atoms with Gasteiger partial charge >= 0.3 is 0 Å². The molecule has 0 atom stereocenters. The molecule has 1 saturated heterocycles. The standard InChI is InChI=1S/C26H25N5O3/c1-17-11-19(12-20-14-27-28-23(17)20)25(33)30-9-7-26(8-10-30)13-21(32)24-22(34-26)16-31(29-24)15-18-5-3-2-4-6-18/h2-6,11-12,14,16H,7-10,13,15H2,1H3,(H,27,28). The Morgan fingerprint density at radius 1 is 1.18 bits per heavy atom. The summed E-state index contributed by atoms with van der Waals surface area (Å²) < 4.78 is 8.16. The molecule has 8 heteroatoms. The number of piperidine rings is 1. The number of carbonyl (C=O) groups is 2. The van der Waals surface area contributed by atoms with E-state index in [-0.39, 0.29) is 11.7 Å². The average molecular weight is 456 g/mol. The van der Waals surface area contributed by atoms with Crippen LogP contribution in [0.25, 0.3) is 10.9 Å². The molecule has 0 aliphatic carbocycles. The number of carbonyl (C=O) groups excluding carboxylic acids is 2. The second kappa shape index (κ2) is 7.83. The van der Waals surface area contributed by atoms with Gasteiger partial charge in [0.15, 0.2) is 17.2 Å². The number of H-pyrrole nitrogens is 1. The van der Waals surface area contributed by atoms with E-state index in [4.69, 9.17) is 4.74 Å². The zero-order valence-corrected chi connectivity index (χ0v) is 19.0. The number of amides is 1. The molecule has 4 aromatic rings. The van der Waals surface area contributed by atoms with Crippen molar-refractivity contribution < 1.29 is 14.3 Å². The van der Waals surface area contributed by atoms with E-state index in [1.165, 1.54) is 0 Å². The summed E-state index contributed by atoms with van der Waals surface area (Å²) in [7, 11) is 0. The molecule has 0 saturated carbocycles. The van der Waals surface area contributed by atoms with Crippen molar-refractivity contribution in [2.75, 3.05) is 13.1 Å². The van der Waals surface area contributed by atoms with Crippen molar-refractivity contribution in [2.24, 2.45) is 0 Å². The van der Waals surface area contributed by atoms with E-state index >= 15 is 0 Å². The molecule has 8 nitrogen and oxygen atoms in total. The summed E-state index contributed by atoms with van der Waals surface area (Å²) in [5, 5.41) is 12.5. The van der Waals surface area contributed by atoms with Gasteiger partial charge in [0.1, 0.15) is 5.60 Å². The Kier molecular flexibility index (Phi) is 4.76. The number of nitrogens with zero attached hydrogens (tertiary/aromatic N) is 4. The number of ketones is 1. The van der Waals surface area contributed by atoms with Gasteiger partial charge in [-0.2, -0.15) is 10.2 Å². The van der Waals surface area contributed by atoms with E-state index < -0.39 is 5.60 Å². The van der Waals surface area contributed by atoms with Crippen molar-refractivity contribution in [2.45, 2.75) is 38.3 Å². The van der Waals surface area contributed by atoms with Gasteiger partial charge in [0.2, 0.25) is 0 Å². The maximum Gasteiger partial charge on any atom is 0.253 e. The van der Waals surface area contributed by atoms with Crippen molar-refractivity contribution in [3.05, 3.63) is 77.2 Å². The van der Waals surface area contributed by atoms with Crippen molar-refractivity contribution in [1.82, 2.24) is 24.9 Å². The average Bonchev–Trinajstić information content (AvgIpc) is 3.47. The van der Waals surface area contributed by atoms with Gasteiger partial charge in [-0.05, 0) is 30.2 Å². The van der Waals surface area contributed by atoms with Gasteiger partial charge in [-0.3, -0.25) is 19.4 Å². The van der Waals surface area contributed by atoms with E-state index in [2.05, 4.69) is 15.3 Å². The Bertz CT molecular complexity index is 1400. The predicted molar refractivity (Wildman–Crippen MR) is 126 cm³/mol. The molecular weight excluding hydrogens is 430 g/mol. The molecule has 0 radical (unpaired) electrons. The van der Waals surface area contributed by atoms with Crippen molar-refractivity contribution in [3.63, 3.8) is 0 Å². The third kappa shape index (κ3) is 3.55. The van der Waals surface area contributed by atoms with Gasteiger partial charge in [-0.1, -0.05) is 30.3 Å². The SMILES string of the molecule is Cc1cc(C(=O)N2CCC3(CC2)CC(=O)c2nn(Cc4ccccc4)cc2O3)cc2cn[nH]c12. The van der Waals surface area contributed by atoms with E-state index in [1.54, 1.807) is 10.9 Å². The summed E-state index contributed by atoms with van der Waals surface area (Å²) in [5.41, 5.74) is 3.54. The highest BCUT2D eigenvalue weighted by Crippen LogP contribution is 2.39. The second-order valence-corrected chi connectivity index (χ2v) is 9.33. The Labute approximate surface area is 196 Å². The lowest BCUT2D eigenvalue weighted by Crippen LogP contribution is -2.52. The molecule has 0 unspecified atom stereocenters. The molecule has 6 rings (SSSR count). The van der Waals surface area contributed by atoms with Crippen LogP contribution in [0.15, 0.2) is 54.9 Å². The number of likely N-dealkylation sites (tertiary alicyclic amines) is 1. The van der Waals surface area contributed by atoms with Crippen LogP contribution >= 0.6 is 0 Å². The highest BCUT2D eigenvalue weighted by molar-refractivity contribution is 5.99. The number of ether oxygens (including phenoxy) is 1. The number of fused-ring (bicyclic) bond motifs is 2. The number of aromatic amines is 1. The van der Waals surface area contributed by atoms with Gasteiger partial charge in [0, 0.05) is 36.9 Å². The molecular formula is C26H25N5O3. The summed E-state index contributed by atoms with van der Waals surface area (Å²) in [6, 6.07) is 13.8. The number of Topliss-reactive ketones (excluding diaryl/α,β-unsaturated/α-hetero) is 1. The Morgan fingerprint density at radius 2 is 1.97 bits per heavy atom. The first-order chi connectivity index (χ1) is 16.5. The first-order valence-electron chi connectivity index (χ1n) is 11.6. The number of benzene rings is 2. The number of aryl methyl sites for hydroxylation is 1. The Morgan fingerprint density at radius 3 is 2.76 bits per heavy atom. The molecule has 1 fully saturated rings. The number of aromatic nitrogens is 4. The fraction of sp³-hybridized carbons (Fsp3) is 0.308. The molecule has 34 heavy (non-hydrogen) atoms. The first kappa shape index (κ1) is 20.7. The molecule has 2 aliphatic rings. The quantitative estimate of drug-likeness (QED) is 0.508. The summed E-state index contributed by atoms with van der Waals surface area (Å²) in [6.45, 7) is 3.64. The third-order valence-corrected chi connectivity index (χ3v) is 6.94. The summed E-state index contributed by atoms with van der Waals surface area (Å²) in [4.78, 5) is 28.0. The van der Waals surface area contributed by atoms with Crippen LogP contribution < -0.4 is 4.74 Å². The molecule has 0 bridgehead atoms. The van der Waals surface area contributed by atoms with E-state index in [1.807, 2.05) is 60.5 Å². The van der Waals surface area contributed by atoms with Crippen LogP contribution in [0.1, 0.15) is 51.2 Å². The molecule has 2 aromatic carbocycles. The maximum atomic E-state index is 13.2. The zero-order chi connectivity index (χ0) is 23.3. The fourth-order valence-electron chi connectivity index (χ4n) is 5.11. The first-order valence-corrected chi connectivity index (χ1v) is 11.6. The molecule has 1 spiro atoms. The lowest BCUT2D eigenvalue weighted by atomic mass is 9.83. The van der Waals surface area contributed by atoms with Crippen LogP contribution in [0.4, 0.5) is 0 Å². The maximum absolute atomic E-state index is 13.2. The Hall–Kier alpha value is -3.94. The van der Waals surface area contributed by atoms with Gasteiger partial charge in [0.05, 0.1) is 30.9 Å². The highest BCUT2D eigenvalue weighted by Gasteiger charge is 2.45. The minimum atomic E-state index is -0.577. The number of nitrogens with one attached hydrogen (secondary N) is 1. The molecule has 2 aliphatic heterocycles. The molecule has 2 aromatic heterocycles. The number of hydrogen-bond donors (Lipinski definition) is 1. The fourth-order valence-corrected chi connectivity index (χ4v) is 5.11. The summed E-state index contributed by atoms with van der Waals surface area (Å²) >= 11 is 0. The van der Waals surface area contributed by atoms with Crippen LogP contribution in [0.2, 0.25) is 0 Å². The largest absolute Gasteiger partial charge is 0.483 e. The van der Waals surface area contributed by atoms with Crippen LogP contribution in [0.5, 0.6) is 5.75 Å². The van der Waals surface area contributed by atoms with Gasteiger partial charge < -0.3 is 9.64 Å². The van der Waals surface area contributed by atoms with Crippen LogP contribution in [0.3, 0.4) is 0 Å². The topological polar surface area (TPSA) is 93.1 Å². The predicted octanol–water partition coefficient (Wildman–Crippen LogP) is 3.76. The van der Waals surface area contributed by atoms with E-state index in [0.717, 1.165) is 22.0 Å².